The molecule has 0 aromatic rings. The maximum atomic E-state index is 12.7. The lowest BCUT2D eigenvalue weighted by Crippen LogP contribution is -2.55. The van der Waals surface area contributed by atoms with Gasteiger partial charge in [-0.1, -0.05) is 27.7 Å². The lowest BCUT2D eigenvalue weighted by atomic mass is 9.99. The van der Waals surface area contributed by atoms with E-state index in [1.54, 1.807) is 0 Å². The highest BCUT2D eigenvalue weighted by atomic mass is 16.2. The highest BCUT2D eigenvalue weighted by Crippen LogP contribution is 2.14. The molecule has 0 radical (unpaired) electrons. The molecule has 1 rings (SSSR count). The van der Waals surface area contributed by atoms with Crippen molar-refractivity contribution in [3.05, 3.63) is 0 Å². The summed E-state index contributed by atoms with van der Waals surface area (Å²) in [6, 6.07) is -0.0475. The SMILES string of the molecule is CNC1CCCN(C(=O)C(NC(=O)CC(C)C)C(C)C)C1. The first-order valence-electron chi connectivity index (χ1n) is 8.10. The second-order valence-corrected chi connectivity index (χ2v) is 6.80. The molecule has 1 fully saturated rings. The van der Waals surface area contributed by atoms with Crippen molar-refractivity contribution in [3.8, 4) is 0 Å². The van der Waals surface area contributed by atoms with Crippen LogP contribution in [0.5, 0.6) is 0 Å². The number of nitrogens with zero attached hydrogens (tertiary/aromatic N) is 1. The fourth-order valence-electron chi connectivity index (χ4n) is 2.73. The number of hydrogen-bond acceptors (Lipinski definition) is 3. The van der Waals surface area contributed by atoms with E-state index in [1.165, 1.54) is 0 Å². The smallest absolute Gasteiger partial charge is 0.245 e. The van der Waals surface area contributed by atoms with Crippen LogP contribution in [-0.2, 0) is 9.59 Å². The van der Waals surface area contributed by atoms with Crippen molar-refractivity contribution in [2.24, 2.45) is 11.8 Å². The Morgan fingerprint density at radius 3 is 2.43 bits per heavy atom. The Kier molecular flexibility index (Phi) is 7.15. The first-order chi connectivity index (χ1) is 9.85. The molecule has 2 atom stereocenters. The third kappa shape index (κ3) is 5.65. The van der Waals surface area contributed by atoms with E-state index in [4.69, 9.17) is 0 Å². The average Bonchev–Trinajstić information content (AvgIpc) is 2.43. The number of likely N-dealkylation sites (tertiary alicyclic amines) is 1. The standard InChI is InChI=1S/C16H31N3O2/c1-11(2)9-14(20)18-15(12(3)4)16(21)19-8-6-7-13(10-19)17-5/h11-13,15,17H,6-10H2,1-5H3,(H,18,20). The van der Waals surface area contributed by atoms with Gasteiger partial charge in [0.25, 0.3) is 0 Å². The molecule has 122 valence electrons. The van der Waals surface area contributed by atoms with E-state index in [-0.39, 0.29) is 17.7 Å². The third-order valence-electron chi connectivity index (χ3n) is 3.98. The molecule has 1 heterocycles. The number of amides is 2. The molecule has 2 N–H and O–H groups in total. The van der Waals surface area contributed by atoms with Crippen molar-refractivity contribution in [2.75, 3.05) is 20.1 Å². The van der Waals surface area contributed by atoms with Crippen LogP contribution in [0.3, 0.4) is 0 Å². The van der Waals surface area contributed by atoms with Gasteiger partial charge >= 0.3 is 0 Å². The summed E-state index contributed by atoms with van der Waals surface area (Å²) in [5, 5.41) is 6.17. The van der Waals surface area contributed by atoms with Crippen LogP contribution in [-0.4, -0.2) is 48.9 Å². The van der Waals surface area contributed by atoms with Crippen LogP contribution >= 0.6 is 0 Å². The maximum absolute atomic E-state index is 12.7. The molecule has 0 aromatic heterocycles. The molecule has 1 aliphatic heterocycles. The molecule has 5 nitrogen and oxygen atoms in total. The minimum atomic E-state index is -0.410. The molecule has 1 saturated heterocycles. The van der Waals surface area contributed by atoms with Gasteiger partial charge in [-0.05, 0) is 31.7 Å². The summed E-state index contributed by atoms with van der Waals surface area (Å²) in [5.74, 6) is 0.432. The number of hydrogen-bond donors (Lipinski definition) is 2. The summed E-state index contributed by atoms with van der Waals surface area (Å²) in [6.07, 6.45) is 2.59. The summed E-state index contributed by atoms with van der Waals surface area (Å²) < 4.78 is 0. The topological polar surface area (TPSA) is 61.4 Å². The van der Waals surface area contributed by atoms with E-state index >= 15 is 0 Å². The molecular weight excluding hydrogens is 266 g/mol. The van der Waals surface area contributed by atoms with Gasteiger partial charge in [-0.3, -0.25) is 9.59 Å². The molecule has 5 heteroatoms. The van der Waals surface area contributed by atoms with Crippen LogP contribution in [0.15, 0.2) is 0 Å². The molecule has 0 saturated carbocycles. The van der Waals surface area contributed by atoms with Gasteiger partial charge in [0.15, 0.2) is 0 Å². The van der Waals surface area contributed by atoms with Gasteiger partial charge in [0.1, 0.15) is 6.04 Å². The van der Waals surface area contributed by atoms with E-state index in [0.717, 1.165) is 25.9 Å². The molecule has 0 aliphatic carbocycles. The normalized spacial score (nSPS) is 20.7. The number of rotatable bonds is 6. The highest BCUT2D eigenvalue weighted by Gasteiger charge is 2.31. The monoisotopic (exact) mass is 297 g/mol. The van der Waals surface area contributed by atoms with Gasteiger partial charge in [-0.15, -0.1) is 0 Å². The van der Waals surface area contributed by atoms with Crippen LogP contribution in [0.1, 0.15) is 47.0 Å². The quantitative estimate of drug-likeness (QED) is 0.779. The van der Waals surface area contributed by atoms with E-state index in [9.17, 15) is 9.59 Å². The van der Waals surface area contributed by atoms with Crippen LogP contribution in [0.25, 0.3) is 0 Å². The Labute approximate surface area is 128 Å². The lowest BCUT2D eigenvalue weighted by molar-refractivity contribution is -0.139. The number of carbonyl (C=O) groups excluding carboxylic acids is 2. The Balaban J connectivity index is 2.66. The molecule has 0 spiro atoms. The van der Waals surface area contributed by atoms with Crippen molar-refractivity contribution in [2.45, 2.75) is 59.0 Å². The maximum Gasteiger partial charge on any atom is 0.245 e. The number of piperidine rings is 1. The average molecular weight is 297 g/mol. The van der Waals surface area contributed by atoms with Crippen molar-refractivity contribution >= 4 is 11.8 Å². The third-order valence-corrected chi connectivity index (χ3v) is 3.98. The van der Waals surface area contributed by atoms with Crippen molar-refractivity contribution in [1.29, 1.82) is 0 Å². The van der Waals surface area contributed by atoms with Crippen molar-refractivity contribution < 1.29 is 9.59 Å². The fraction of sp³-hybridized carbons (Fsp3) is 0.875. The largest absolute Gasteiger partial charge is 0.344 e. The van der Waals surface area contributed by atoms with Crippen LogP contribution in [0.2, 0.25) is 0 Å². The summed E-state index contributed by atoms with van der Waals surface area (Å²) >= 11 is 0. The second kappa shape index (κ2) is 8.37. The number of carbonyl (C=O) groups is 2. The Morgan fingerprint density at radius 1 is 1.24 bits per heavy atom. The van der Waals surface area contributed by atoms with Gasteiger partial charge in [0.05, 0.1) is 0 Å². The zero-order valence-corrected chi connectivity index (χ0v) is 14.1. The predicted molar refractivity (Wildman–Crippen MR) is 84.9 cm³/mol. The first-order valence-corrected chi connectivity index (χ1v) is 8.10. The van der Waals surface area contributed by atoms with Gasteiger partial charge in [0, 0.05) is 25.6 Å². The minimum absolute atomic E-state index is 0.0285. The molecule has 21 heavy (non-hydrogen) atoms. The Bertz CT molecular complexity index is 355. The van der Waals surface area contributed by atoms with E-state index in [2.05, 4.69) is 10.6 Å². The molecule has 1 aliphatic rings. The lowest BCUT2D eigenvalue weighted by Gasteiger charge is -2.36. The van der Waals surface area contributed by atoms with Crippen LogP contribution in [0, 0.1) is 11.8 Å². The Morgan fingerprint density at radius 2 is 1.90 bits per heavy atom. The number of likely N-dealkylation sites (N-methyl/N-ethyl adjacent to an activating group) is 1. The molecule has 2 unspecified atom stereocenters. The summed E-state index contributed by atoms with van der Waals surface area (Å²) in [7, 11) is 1.93. The second-order valence-electron chi connectivity index (χ2n) is 6.80. The first kappa shape index (κ1) is 18.0. The van der Waals surface area contributed by atoms with Crippen LogP contribution in [0.4, 0.5) is 0 Å². The molecule has 0 aromatic carbocycles. The van der Waals surface area contributed by atoms with E-state index < -0.39 is 6.04 Å². The van der Waals surface area contributed by atoms with E-state index in [1.807, 2.05) is 39.6 Å². The van der Waals surface area contributed by atoms with Gasteiger partial charge < -0.3 is 15.5 Å². The van der Waals surface area contributed by atoms with E-state index in [0.29, 0.717) is 18.4 Å². The predicted octanol–water partition coefficient (Wildman–Crippen LogP) is 1.38. The van der Waals surface area contributed by atoms with Crippen LogP contribution < -0.4 is 10.6 Å². The zero-order valence-electron chi connectivity index (χ0n) is 14.1. The van der Waals surface area contributed by atoms with Crippen molar-refractivity contribution in [3.63, 3.8) is 0 Å². The fourth-order valence-corrected chi connectivity index (χ4v) is 2.73. The van der Waals surface area contributed by atoms with Crippen molar-refractivity contribution in [1.82, 2.24) is 15.5 Å². The molecular formula is C16H31N3O2. The number of nitrogens with one attached hydrogen (secondary N) is 2. The molecule has 2 amide bonds. The summed E-state index contributed by atoms with van der Waals surface area (Å²) in [5.41, 5.74) is 0. The van der Waals surface area contributed by atoms with Gasteiger partial charge in [-0.2, -0.15) is 0 Å². The van der Waals surface area contributed by atoms with Gasteiger partial charge in [0.2, 0.25) is 11.8 Å². The highest BCUT2D eigenvalue weighted by molar-refractivity contribution is 5.88. The Hall–Kier alpha value is -1.10. The summed E-state index contributed by atoms with van der Waals surface area (Å²) in [6.45, 7) is 9.51. The summed E-state index contributed by atoms with van der Waals surface area (Å²) in [4.78, 5) is 26.6. The minimum Gasteiger partial charge on any atom is -0.344 e. The molecule has 0 bridgehead atoms. The van der Waals surface area contributed by atoms with Gasteiger partial charge in [-0.25, -0.2) is 0 Å². The zero-order chi connectivity index (χ0) is 16.0.